The summed E-state index contributed by atoms with van der Waals surface area (Å²) in [6, 6.07) is 5.80. The van der Waals surface area contributed by atoms with Gasteiger partial charge in [0, 0.05) is 19.5 Å². The molecule has 2 aromatic heterocycles. The quantitative estimate of drug-likeness (QED) is 0.743. The fourth-order valence-corrected chi connectivity index (χ4v) is 4.42. The van der Waals surface area contributed by atoms with Crippen molar-refractivity contribution in [2.75, 3.05) is 44.6 Å². The SMILES string of the molecule is CCc1nnc(Nc2cccc([C@@H]3CN(C(=O)CCN4CCCC4)CCO3)n2)s1. The van der Waals surface area contributed by atoms with Crippen LogP contribution in [0, 0.1) is 0 Å². The van der Waals surface area contributed by atoms with Crippen LogP contribution >= 0.6 is 11.3 Å². The van der Waals surface area contributed by atoms with Crippen molar-refractivity contribution < 1.29 is 9.53 Å². The molecule has 29 heavy (non-hydrogen) atoms. The lowest BCUT2D eigenvalue weighted by Gasteiger charge is -2.33. The second kappa shape index (κ2) is 9.60. The third-order valence-electron chi connectivity index (χ3n) is 5.36. The summed E-state index contributed by atoms with van der Waals surface area (Å²) in [5.74, 6) is 0.919. The summed E-state index contributed by atoms with van der Waals surface area (Å²) in [6.45, 7) is 6.90. The van der Waals surface area contributed by atoms with E-state index >= 15 is 0 Å². The van der Waals surface area contributed by atoms with Crippen molar-refractivity contribution in [1.29, 1.82) is 0 Å². The number of likely N-dealkylation sites (tertiary alicyclic amines) is 1. The Bertz CT molecular complexity index is 823. The predicted molar refractivity (Wildman–Crippen MR) is 112 cm³/mol. The van der Waals surface area contributed by atoms with Gasteiger partial charge in [0.05, 0.1) is 18.8 Å². The van der Waals surface area contributed by atoms with Gasteiger partial charge in [-0.2, -0.15) is 0 Å². The summed E-state index contributed by atoms with van der Waals surface area (Å²) < 4.78 is 5.93. The molecule has 0 spiro atoms. The van der Waals surface area contributed by atoms with E-state index in [0.717, 1.165) is 41.9 Å². The van der Waals surface area contributed by atoms with Gasteiger partial charge in [0.15, 0.2) is 0 Å². The van der Waals surface area contributed by atoms with E-state index in [0.29, 0.717) is 31.9 Å². The van der Waals surface area contributed by atoms with Crippen molar-refractivity contribution in [2.24, 2.45) is 0 Å². The standard InChI is InChI=1S/C20H28N6O2S/c1-2-18-23-24-20(29-18)22-17-7-5-6-15(21-17)16-14-26(12-13-28-16)19(27)8-11-25-9-3-4-10-25/h5-7,16H,2-4,8-14H2,1H3,(H,21,22,24)/t16-/m0/s1. The van der Waals surface area contributed by atoms with Crippen LogP contribution in [0.15, 0.2) is 18.2 Å². The zero-order chi connectivity index (χ0) is 20.1. The molecule has 0 radical (unpaired) electrons. The molecule has 1 N–H and O–H groups in total. The van der Waals surface area contributed by atoms with Gasteiger partial charge >= 0.3 is 0 Å². The van der Waals surface area contributed by atoms with E-state index in [-0.39, 0.29) is 12.0 Å². The van der Waals surface area contributed by atoms with Gasteiger partial charge in [0.25, 0.3) is 0 Å². The Morgan fingerprint density at radius 3 is 2.93 bits per heavy atom. The summed E-state index contributed by atoms with van der Waals surface area (Å²) >= 11 is 1.53. The maximum Gasteiger partial charge on any atom is 0.224 e. The number of nitrogens with one attached hydrogen (secondary N) is 1. The van der Waals surface area contributed by atoms with Gasteiger partial charge in [0.2, 0.25) is 11.0 Å². The van der Waals surface area contributed by atoms with Gasteiger partial charge in [-0.3, -0.25) is 4.79 Å². The number of aryl methyl sites for hydroxylation is 1. The first-order chi connectivity index (χ1) is 14.2. The highest BCUT2D eigenvalue weighted by molar-refractivity contribution is 7.15. The number of morpholine rings is 1. The maximum atomic E-state index is 12.7. The van der Waals surface area contributed by atoms with Crippen molar-refractivity contribution in [2.45, 2.75) is 38.7 Å². The average molecular weight is 417 g/mol. The number of pyridine rings is 1. The molecule has 0 aromatic carbocycles. The first-order valence-electron chi connectivity index (χ1n) is 10.4. The number of hydrogen-bond acceptors (Lipinski definition) is 8. The Labute approximate surface area is 175 Å². The third-order valence-corrected chi connectivity index (χ3v) is 6.35. The molecule has 0 saturated carbocycles. The topological polar surface area (TPSA) is 83.5 Å². The Balaban J connectivity index is 1.35. The van der Waals surface area contributed by atoms with Gasteiger partial charge in [-0.1, -0.05) is 24.3 Å². The smallest absolute Gasteiger partial charge is 0.224 e. The lowest BCUT2D eigenvalue weighted by atomic mass is 10.1. The number of aromatic nitrogens is 3. The minimum atomic E-state index is -0.207. The zero-order valence-electron chi connectivity index (χ0n) is 16.8. The number of carbonyl (C=O) groups is 1. The number of amides is 1. The van der Waals surface area contributed by atoms with Crippen molar-refractivity contribution >= 4 is 28.2 Å². The van der Waals surface area contributed by atoms with Gasteiger partial charge in [0.1, 0.15) is 16.9 Å². The molecule has 2 aromatic rings. The van der Waals surface area contributed by atoms with Crippen LogP contribution < -0.4 is 5.32 Å². The molecule has 4 rings (SSSR count). The minimum Gasteiger partial charge on any atom is -0.368 e. The van der Waals surface area contributed by atoms with E-state index in [9.17, 15) is 4.79 Å². The predicted octanol–water partition coefficient (Wildman–Crippen LogP) is 2.62. The summed E-state index contributed by atoms with van der Waals surface area (Å²) in [5.41, 5.74) is 0.826. The van der Waals surface area contributed by atoms with Crippen molar-refractivity contribution in [3.8, 4) is 0 Å². The first kappa shape index (κ1) is 20.2. The zero-order valence-corrected chi connectivity index (χ0v) is 17.7. The molecular formula is C20H28N6O2S. The molecular weight excluding hydrogens is 388 g/mol. The number of carbonyl (C=O) groups excluding carboxylic acids is 1. The van der Waals surface area contributed by atoms with Gasteiger partial charge in [-0.15, -0.1) is 10.2 Å². The number of nitrogens with zero attached hydrogens (tertiary/aromatic N) is 5. The summed E-state index contributed by atoms with van der Waals surface area (Å²) in [4.78, 5) is 21.7. The van der Waals surface area contributed by atoms with Crippen LogP contribution in [-0.4, -0.2) is 70.2 Å². The minimum absolute atomic E-state index is 0.207. The molecule has 2 aliphatic rings. The molecule has 2 aliphatic heterocycles. The van der Waals surface area contributed by atoms with Gasteiger partial charge in [-0.25, -0.2) is 4.98 Å². The Hall–Kier alpha value is -2.10. The third kappa shape index (κ3) is 5.29. The summed E-state index contributed by atoms with van der Waals surface area (Å²) in [7, 11) is 0. The molecule has 1 atom stereocenters. The van der Waals surface area contributed by atoms with Gasteiger partial charge in [-0.05, 0) is 44.5 Å². The van der Waals surface area contributed by atoms with E-state index in [1.807, 2.05) is 23.1 Å². The van der Waals surface area contributed by atoms with Crippen LogP contribution in [0.25, 0.3) is 0 Å². The van der Waals surface area contributed by atoms with Crippen molar-refractivity contribution in [1.82, 2.24) is 25.0 Å². The van der Waals surface area contributed by atoms with Crippen LogP contribution in [0.4, 0.5) is 10.9 Å². The molecule has 2 fully saturated rings. The highest BCUT2D eigenvalue weighted by Crippen LogP contribution is 2.25. The largest absolute Gasteiger partial charge is 0.368 e. The number of ether oxygens (including phenoxy) is 1. The van der Waals surface area contributed by atoms with Crippen LogP contribution in [0.2, 0.25) is 0 Å². The summed E-state index contributed by atoms with van der Waals surface area (Å²) in [6.07, 6.45) is 3.74. The summed E-state index contributed by atoms with van der Waals surface area (Å²) in [5, 5.41) is 13.2. The second-order valence-corrected chi connectivity index (χ2v) is 8.49. The number of hydrogen-bond donors (Lipinski definition) is 1. The monoisotopic (exact) mass is 416 g/mol. The van der Waals surface area contributed by atoms with Crippen LogP contribution in [0.3, 0.4) is 0 Å². The molecule has 156 valence electrons. The van der Waals surface area contributed by atoms with E-state index in [1.165, 1.54) is 24.2 Å². The van der Waals surface area contributed by atoms with E-state index in [4.69, 9.17) is 4.74 Å². The fourth-order valence-electron chi connectivity index (χ4n) is 3.73. The molecule has 4 heterocycles. The number of anilines is 2. The van der Waals surface area contributed by atoms with Crippen LogP contribution in [0.1, 0.15) is 43.0 Å². The van der Waals surface area contributed by atoms with Crippen LogP contribution in [0.5, 0.6) is 0 Å². The average Bonchev–Trinajstić information content (AvgIpc) is 3.44. The molecule has 1 amide bonds. The van der Waals surface area contributed by atoms with Gasteiger partial charge < -0.3 is 19.9 Å². The molecule has 8 nitrogen and oxygen atoms in total. The maximum absolute atomic E-state index is 12.7. The Morgan fingerprint density at radius 1 is 1.28 bits per heavy atom. The van der Waals surface area contributed by atoms with E-state index in [2.05, 4.69) is 32.3 Å². The normalized spacial score (nSPS) is 20.2. The Morgan fingerprint density at radius 2 is 2.14 bits per heavy atom. The lowest BCUT2D eigenvalue weighted by Crippen LogP contribution is -2.43. The molecule has 0 bridgehead atoms. The van der Waals surface area contributed by atoms with Crippen molar-refractivity contribution in [3.63, 3.8) is 0 Å². The molecule has 2 saturated heterocycles. The molecule has 0 aliphatic carbocycles. The lowest BCUT2D eigenvalue weighted by molar-refractivity contribution is -0.139. The second-order valence-electron chi connectivity index (χ2n) is 7.43. The highest BCUT2D eigenvalue weighted by Gasteiger charge is 2.27. The van der Waals surface area contributed by atoms with E-state index < -0.39 is 0 Å². The highest BCUT2D eigenvalue weighted by atomic mass is 32.1. The van der Waals surface area contributed by atoms with E-state index in [1.54, 1.807) is 0 Å². The molecule has 0 unspecified atom stereocenters. The fraction of sp³-hybridized carbons (Fsp3) is 0.600. The molecule has 9 heteroatoms. The van der Waals surface area contributed by atoms with Crippen molar-refractivity contribution in [3.05, 3.63) is 28.9 Å². The Kier molecular flexibility index (Phi) is 6.68. The first-order valence-corrected chi connectivity index (χ1v) is 11.2. The number of rotatable bonds is 7. The van der Waals surface area contributed by atoms with Crippen LogP contribution in [-0.2, 0) is 16.0 Å².